The van der Waals surface area contributed by atoms with E-state index in [0.717, 1.165) is 18.9 Å². The van der Waals surface area contributed by atoms with Crippen molar-refractivity contribution in [1.82, 2.24) is 10.3 Å². The summed E-state index contributed by atoms with van der Waals surface area (Å²) in [6.45, 7) is 17.4. The zero-order valence-electron chi connectivity index (χ0n) is 14.2. The number of aromatic nitrogens is 1. The van der Waals surface area contributed by atoms with Crippen LogP contribution in [-0.4, -0.2) is 23.1 Å². The highest BCUT2D eigenvalue weighted by Gasteiger charge is 2.14. The van der Waals surface area contributed by atoms with Gasteiger partial charge in [0.05, 0.1) is 0 Å². The van der Waals surface area contributed by atoms with E-state index < -0.39 is 0 Å². The number of hydrogen-bond donors (Lipinski definition) is 1. The molecule has 0 fully saturated rings. The monoisotopic (exact) mass is 277 g/mol. The molecule has 0 aliphatic heterocycles. The Balaban J connectivity index is 2.84. The van der Waals surface area contributed by atoms with Gasteiger partial charge in [-0.3, -0.25) is 0 Å². The van der Waals surface area contributed by atoms with Gasteiger partial charge in [-0.25, -0.2) is 4.98 Å². The normalized spacial score (nSPS) is 12.2. The van der Waals surface area contributed by atoms with Crippen LogP contribution in [0.15, 0.2) is 18.3 Å². The summed E-state index contributed by atoms with van der Waals surface area (Å²) in [4.78, 5) is 6.94. The van der Waals surface area contributed by atoms with Gasteiger partial charge in [0.15, 0.2) is 0 Å². The number of nitrogens with one attached hydrogen (secondary N) is 1. The lowest BCUT2D eigenvalue weighted by atomic mass is 10.1. The number of nitrogens with zero attached hydrogens (tertiary/aromatic N) is 2. The highest BCUT2D eigenvalue weighted by molar-refractivity contribution is 5.42. The molecule has 0 bridgehead atoms. The van der Waals surface area contributed by atoms with Crippen LogP contribution in [0.25, 0.3) is 0 Å². The van der Waals surface area contributed by atoms with Crippen molar-refractivity contribution in [1.29, 1.82) is 0 Å². The van der Waals surface area contributed by atoms with Crippen LogP contribution >= 0.6 is 0 Å². The standard InChI is InChI=1S/C17H31N3/c1-13(2)12-20(14(3)4)16-10-15(8-9-18-16)11-19-17(5,6)7/h8-10,13-14,19H,11-12H2,1-7H3. The van der Waals surface area contributed by atoms with Crippen molar-refractivity contribution in [3.05, 3.63) is 23.9 Å². The van der Waals surface area contributed by atoms with Crippen LogP contribution in [0.1, 0.15) is 54.0 Å². The molecule has 3 heteroatoms. The molecule has 20 heavy (non-hydrogen) atoms. The van der Waals surface area contributed by atoms with Crippen molar-refractivity contribution < 1.29 is 0 Å². The van der Waals surface area contributed by atoms with Gasteiger partial charge in [-0.05, 0) is 58.2 Å². The highest BCUT2D eigenvalue weighted by atomic mass is 15.2. The molecule has 0 aromatic carbocycles. The van der Waals surface area contributed by atoms with E-state index in [9.17, 15) is 0 Å². The predicted octanol–water partition coefficient (Wildman–Crippen LogP) is 3.84. The number of hydrogen-bond acceptors (Lipinski definition) is 3. The topological polar surface area (TPSA) is 28.2 Å². The maximum Gasteiger partial charge on any atom is 0.129 e. The molecule has 114 valence electrons. The lowest BCUT2D eigenvalue weighted by Gasteiger charge is -2.30. The summed E-state index contributed by atoms with van der Waals surface area (Å²) >= 11 is 0. The first kappa shape index (κ1) is 17.0. The maximum absolute atomic E-state index is 4.56. The minimum absolute atomic E-state index is 0.138. The van der Waals surface area contributed by atoms with Crippen LogP contribution in [0.3, 0.4) is 0 Å². The van der Waals surface area contributed by atoms with E-state index in [1.807, 2.05) is 6.20 Å². The molecule has 0 amide bonds. The molecule has 0 atom stereocenters. The van der Waals surface area contributed by atoms with E-state index in [2.05, 4.69) is 75.8 Å². The number of pyridine rings is 1. The lowest BCUT2D eigenvalue weighted by molar-refractivity contribution is 0.424. The van der Waals surface area contributed by atoms with Gasteiger partial charge < -0.3 is 10.2 Å². The minimum atomic E-state index is 0.138. The lowest BCUT2D eigenvalue weighted by Crippen LogP contribution is -2.36. The Morgan fingerprint density at radius 2 is 1.85 bits per heavy atom. The quantitative estimate of drug-likeness (QED) is 0.856. The predicted molar refractivity (Wildman–Crippen MR) is 88.1 cm³/mol. The Morgan fingerprint density at radius 3 is 2.35 bits per heavy atom. The van der Waals surface area contributed by atoms with Gasteiger partial charge in [0.2, 0.25) is 0 Å². The van der Waals surface area contributed by atoms with Gasteiger partial charge in [0.1, 0.15) is 5.82 Å². The second-order valence-corrected chi connectivity index (χ2v) is 7.27. The van der Waals surface area contributed by atoms with E-state index in [0.29, 0.717) is 12.0 Å². The summed E-state index contributed by atoms with van der Waals surface area (Å²) in [5.74, 6) is 1.72. The van der Waals surface area contributed by atoms with Gasteiger partial charge in [-0.2, -0.15) is 0 Å². The van der Waals surface area contributed by atoms with Gasteiger partial charge in [-0.15, -0.1) is 0 Å². The van der Waals surface area contributed by atoms with Crippen LogP contribution in [0, 0.1) is 5.92 Å². The zero-order chi connectivity index (χ0) is 15.3. The van der Waals surface area contributed by atoms with Gasteiger partial charge >= 0.3 is 0 Å². The average molecular weight is 277 g/mol. The molecule has 0 radical (unpaired) electrons. The summed E-state index contributed by atoms with van der Waals surface area (Å²) in [5, 5.41) is 3.53. The van der Waals surface area contributed by atoms with Gasteiger partial charge in [-0.1, -0.05) is 13.8 Å². The molecule has 1 aromatic rings. The highest BCUT2D eigenvalue weighted by Crippen LogP contribution is 2.18. The van der Waals surface area contributed by atoms with Crippen LogP contribution < -0.4 is 10.2 Å². The Morgan fingerprint density at radius 1 is 1.20 bits per heavy atom. The molecule has 0 aliphatic rings. The summed E-state index contributed by atoms with van der Waals surface area (Å²) in [7, 11) is 0. The second-order valence-electron chi connectivity index (χ2n) is 7.27. The van der Waals surface area contributed by atoms with Crippen molar-refractivity contribution in [3.63, 3.8) is 0 Å². The maximum atomic E-state index is 4.56. The van der Waals surface area contributed by atoms with Crippen molar-refractivity contribution in [3.8, 4) is 0 Å². The third-order valence-electron chi connectivity index (χ3n) is 3.11. The van der Waals surface area contributed by atoms with Crippen molar-refractivity contribution >= 4 is 5.82 Å². The van der Waals surface area contributed by atoms with Gasteiger partial charge in [0, 0.05) is 30.9 Å². The Hall–Kier alpha value is -1.09. The fraction of sp³-hybridized carbons (Fsp3) is 0.706. The van der Waals surface area contributed by atoms with E-state index in [1.165, 1.54) is 5.56 Å². The molecule has 0 saturated heterocycles. The fourth-order valence-corrected chi connectivity index (χ4v) is 2.06. The first-order valence-electron chi connectivity index (χ1n) is 7.65. The molecule has 1 N–H and O–H groups in total. The van der Waals surface area contributed by atoms with Crippen LogP contribution in [0.4, 0.5) is 5.82 Å². The molecule has 0 saturated carbocycles. The van der Waals surface area contributed by atoms with E-state index in [4.69, 9.17) is 0 Å². The summed E-state index contributed by atoms with van der Waals surface area (Å²) < 4.78 is 0. The Kier molecular flexibility index (Phi) is 6.00. The molecule has 0 aliphatic carbocycles. The SMILES string of the molecule is CC(C)CN(c1cc(CNC(C)(C)C)ccn1)C(C)C. The summed E-state index contributed by atoms with van der Waals surface area (Å²) in [6.07, 6.45) is 1.92. The van der Waals surface area contributed by atoms with E-state index in [1.54, 1.807) is 0 Å². The van der Waals surface area contributed by atoms with Crippen molar-refractivity contribution in [2.75, 3.05) is 11.4 Å². The minimum Gasteiger partial charge on any atom is -0.354 e. The first-order valence-corrected chi connectivity index (χ1v) is 7.65. The third-order valence-corrected chi connectivity index (χ3v) is 3.11. The van der Waals surface area contributed by atoms with Crippen LogP contribution in [0.2, 0.25) is 0 Å². The van der Waals surface area contributed by atoms with Gasteiger partial charge in [0.25, 0.3) is 0 Å². The number of rotatable bonds is 6. The molecule has 1 heterocycles. The van der Waals surface area contributed by atoms with Crippen LogP contribution in [-0.2, 0) is 6.54 Å². The van der Waals surface area contributed by atoms with Crippen molar-refractivity contribution in [2.24, 2.45) is 5.92 Å². The second kappa shape index (κ2) is 7.07. The first-order chi connectivity index (χ1) is 9.19. The Bertz CT molecular complexity index is 405. The Labute approximate surface area is 124 Å². The van der Waals surface area contributed by atoms with E-state index in [-0.39, 0.29) is 5.54 Å². The molecule has 1 rings (SSSR count). The molecule has 0 unspecified atom stereocenters. The molecular weight excluding hydrogens is 246 g/mol. The smallest absolute Gasteiger partial charge is 0.129 e. The fourth-order valence-electron chi connectivity index (χ4n) is 2.06. The number of anilines is 1. The molecule has 0 spiro atoms. The van der Waals surface area contributed by atoms with E-state index >= 15 is 0 Å². The average Bonchev–Trinajstić information content (AvgIpc) is 2.32. The zero-order valence-corrected chi connectivity index (χ0v) is 14.2. The molecule has 1 aromatic heterocycles. The largest absolute Gasteiger partial charge is 0.354 e. The van der Waals surface area contributed by atoms with Crippen LogP contribution in [0.5, 0.6) is 0 Å². The molecule has 3 nitrogen and oxygen atoms in total. The summed E-state index contributed by atoms with van der Waals surface area (Å²) in [6, 6.07) is 4.77. The van der Waals surface area contributed by atoms with Crippen molar-refractivity contribution in [2.45, 2.75) is 66.6 Å². The summed E-state index contributed by atoms with van der Waals surface area (Å²) in [5.41, 5.74) is 1.43. The third kappa shape index (κ3) is 5.91. The molecular formula is C17H31N3.